The van der Waals surface area contributed by atoms with E-state index >= 15 is 0 Å². The summed E-state index contributed by atoms with van der Waals surface area (Å²) >= 11 is 3.49. The van der Waals surface area contributed by atoms with Gasteiger partial charge < -0.3 is 20.3 Å². The van der Waals surface area contributed by atoms with E-state index in [-0.39, 0.29) is 38.9 Å². The summed E-state index contributed by atoms with van der Waals surface area (Å²) in [5.74, 6) is -4.71. The lowest BCUT2D eigenvalue weighted by atomic mass is 10.1. The van der Waals surface area contributed by atoms with E-state index in [1.165, 1.54) is 12.1 Å². The fraction of sp³-hybridized carbons (Fsp3) is 0.357. The number of hydrogen-bond acceptors (Lipinski definition) is 5. The number of primary amides is 1. The van der Waals surface area contributed by atoms with Crippen LogP contribution in [0.1, 0.15) is 21.7 Å². The van der Waals surface area contributed by atoms with Crippen LogP contribution in [-0.2, 0) is 5.66 Å². The Hall–Kier alpha value is -1.00. The molecule has 1 aliphatic carbocycles. The van der Waals surface area contributed by atoms with Gasteiger partial charge in [0.1, 0.15) is 5.75 Å². The molecule has 0 bridgehead atoms. The molecule has 12 heteroatoms. The van der Waals surface area contributed by atoms with Crippen molar-refractivity contribution in [3.8, 4) is 5.75 Å². The third-order valence-electron chi connectivity index (χ3n) is 3.90. The number of carbonyl (C=O) groups is 1. The van der Waals surface area contributed by atoms with Crippen molar-refractivity contribution < 1.29 is 36.9 Å². The number of rotatable bonds is 6. The monoisotopic (exact) mass is 475 g/mol. The smallest absolute Gasteiger partial charge is 0.349 e. The van der Waals surface area contributed by atoms with E-state index < -0.39 is 36.7 Å². The highest BCUT2D eigenvalue weighted by atomic mass is 79.9. The molecule has 1 unspecified atom stereocenters. The molecular weight excluding hydrogens is 465 g/mol. The van der Waals surface area contributed by atoms with Crippen LogP contribution in [0.4, 0.5) is 17.6 Å². The van der Waals surface area contributed by atoms with E-state index in [9.17, 15) is 22.4 Å². The molecule has 2 aromatic rings. The van der Waals surface area contributed by atoms with Crippen LogP contribution in [0, 0.1) is 5.92 Å². The highest BCUT2D eigenvalue weighted by Crippen LogP contribution is 2.58. The summed E-state index contributed by atoms with van der Waals surface area (Å²) in [5.41, 5.74) is 1.24. The zero-order chi connectivity index (χ0) is 19.4. The van der Waals surface area contributed by atoms with E-state index in [0.29, 0.717) is 11.3 Å². The van der Waals surface area contributed by atoms with Gasteiger partial charge in [-0.15, -0.1) is 11.3 Å². The minimum atomic E-state index is -3.93. The molecule has 1 aliphatic rings. The van der Waals surface area contributed by atoms with E-state index in [4.69, 9.17) is 20.3 Å². The zero-order valence-electron chi connectivity index (χ0n) is 12.7. The SMILES string of the molecule is NC(=O)c1cc(OCC2CC2(F)F)c2sc(C(F)(F)P(O)O)c(Br)c2c1. The summed E-state index contributed by atoms with van der Waals surface area (Å²) in [6.07, 6.45) is -0.331. The maximum absolute atomic E-state index is 14.1. The molecule has 1 atom stereocenters. The van der Waals surface area contributed by atoms with Gasteiger partial charge in [-0.25, -0.2) is 8.78 Å². The van der Waals surface area contributed by atoms with Crippen molar-refractivity contribution >= 4 is 51.6 Å². The van der Waals surface area contributed by atoms with E-state index in [2.05, 4.69) is 15.9 Å². The van der Waals surface area contributed by atoms with Crippen LogP contribution in [0.25, 0.3) is 10.1 Å². The third kappa shape index (κ3) is 3.43. The Balaban J connectivity index is 2.08. The van der Waals surface area contributed by atoms with E-state index in [0.717, 1.165) is 0 Å². The van der Waals surface area contributed by atoms with E-state index in [1.54, 1.807) is 0 Å². The molecule has 1 fully saturated rings. The van der Waals surface area contributed by atoms with Crippen LogP contribution in [0.5, 0.6) is 5.75 Å². The molecule has 5 nitrogen and oxygen atoms in total. The molecule has 0 radical (unpaired) electrons. The second-order valence-corrected chi connectivity index (χ2v) is 8.72. The first-order valence-corrected chi connectivity index (χ1v) is 9.93. The van der Waals surface area contributed by atoms with Gasteiger partial charge in [-0.3, -0.25) is 4.79 Å². The molecule has 3 rings (SSSR count). The molecule has 1 amide bonds. The molecule has 4 N–H and O–H groups in total. The fourth-order valence-electron chi connectivity index (χ4n) is 2.31. The molecule has 0 aliphatic heterocycles. The summed E-state index contributed by atoms with van der Waals surface area (Å²) in [6, 6.07) is 2.43. The van der Waals surface area contributed by atoms with Crippen LogP contribution in [0.2, 0.25) is 0 Å². The van der Waals surface area contributed by atoms with Gasteiger partial charge in [0, 0.05) is 21.8 Å². The number of carbonyl (C=O) groups excluding carboxylic acids is 1. The van der Waals surface area contributed by atoms with Crippen LogP contribution in [0.15, 0.2) is 16.6 Å². The number of alkyl halides is 4. The highest BCUT2D eigenvalue weighted by molar-refractivity contribution is 9.10. The Morgan fingerprint density at radius 3 is 2.58 bits per heavy atom. The minimum absolute atomic E-state index is 0.0491. The maximum Gasteiger partial charge on any atom is 0.349 e. The van der Waals surface area contributed by atoms with Crippen molar-refractivity contribution in [3.05, 3.63) is 27.0 Å². The lowest BCUT2D eigenvalue weighted by molar-refractivity contribution is 0.0766. The van der Waals surface area contributed by atoms with Gasteiger partial charge >= 0.3 is 5.66 Å². The number of nitrogens with two attached hydrogens (primary N) is 1. The Bertz CT molecular complexity index is 891. The molecule has 26 heavy (non-hydrogen) atoms. The second kappa shape index (κ2) is 6.56. The molecule has 142 valence electrons. The highest BCUT2D eigenvalue weighted by Gasteiger charge is 2.57. The number of benzene rings is 1. The first-order chi connectivity index (χ1) is 11.9. The summed E-state index contributed by atoms with van der Waals surface area (Å²) in [7, 11) is -3.61. The topological polar surface area (TPSA) is 92.8 Å². The largest absolute Gasteiger partial charge is 0.492 e. The first kappa shape index (κ1) is 19.8. The number of ether oxygens (including phenoxy) is 1. The quantitative estimate of drug-likeness (QED) is 0.432. The number of fused-ring (bicyclic) bond motifs is 1. The van der Waals surface area contributed by atoms with E-state index in [1.807, 2.05) is 0 Å². The number of hydrogen-bond donors (Lipinski definition) is 3. The molecule has 0 saturated heterocycles. The average molecular weight is 476 g/mol. The zero-order valence-corrected chi connectivity index (χ0v) is 16.0. The summed E-state index contributed by atoms with van der Waals surface area (Å²) in [5, 5.41) is 0.135. The Kier molecular flexibility index (Phi) is 4.98. The Morgan fingerprint density at radius 1 is 1.46 bits per heavy atom. The summed E-state index contributed by atoms with van der Waals surface area (Å²) in [4.78, 5) is 28.8. The van der Waals surface area contributed by atoms with Crippen molar-refractivity contribution in [2.45, 2.75) is 18.0 Å². The standard InChI is InChI=1S/C14H11BrF4NO4PS/c15-9-7-1-5(12(20)21)2-8(24-4-6-3-13(6,16)17)10(7)26-11(9)14(18,19)25(22)23/h1-2,6,22-23H,3-4H2,(H2,20,21). The normalized spacial score (nSPS) is 19.2. The van der Waals surface area contributed by atoms with Crippen molar-refractivity contribution in [1.82, 2.24) is 0 Å². The van der Waals surface area contributed by atoms with Gasteiger partial charge in [0.05, 0.1) is 22.1 Å². The summed E-state index contributed by atoms with van der Waals surface area (Å²) in [6.45, 7) is -0.349. The van der Waals surface area contributed by atoms with Gasteiger partial charge in [-0.1, -0.05) is 0 Å². The van der Waals surface area contributed by atoms with Gasteiger partial charge in [0.25, 0.3) is 5.92 Å². The van der Waals surface area contributed by atoms with Crippen LogP contribution >= 0.6 is 35.6 Å². The lowest BCUT2D eigenvalue weighted by Crippen LogP contribution is -2.11. The molecular formula is C14H11BrF4NO4PS. The maximum atomic E-state index is 14.1. The van der Waals surface area contributed by atoms with Crippen molar-refractivity contribution in [2.75, 3.05) is 6.61 Å². The Morgan fingerprint density at radius 2 is 2.08 bits per heavy atom. The predicted octanol–water partition coefficient (Wildman–Crippen LogP) is 4.14. The predicted molar refractivity (Wildman–Crippen MR) is 91.8 cm³/mol. The lowest BCUT2D eigenvalue weighted by Gasteiger charge is -2.15. The molecule has 1 aromatic carbocycles. The van der Waals surface area contributed by atoms with Crippen LogP contribution < -0.4 is 10.5 Å². The van der Waals surface area contributed by atoms with Crippen LogP contribution in [0.3, 0.4) is 0 Å². The Labute approximate surface area is 157 Å². The van der Waals surface area contributed by atoms with Crippen LogP contribution in [-0.4, -0.2) is 28.2 Å². The first-order valence-electron chi connectivity index (χ1n) is 7.08. The van der Waals surface area contributed by atoms with Crippen molar-refractivity contribution in [3.63, 3.8) is 0 Å². The third-order valence-corrected chi connectivity index (χ3v) is 7.15. The number of amides is 1. The number of halogens is 5. The molecule has 1 heterocycles. The van der Waals surface area contributed by atoms with Crippen molar-refractivity contribution in [2.24, 2.45) is 11.7 Å². The second-order valence-electron chi connectivity index (χ2n) is 5.76. The molecule has 0 spiro atoms. The van der Waals surface area contributed by atoms with Gasteiger partial charge in [-0.05, 0) is 28.1 Å². The minimum Gasteiger partial charge on any atom is -0.492 e. The average Bonchev–Trinajstić information content (AvgIpc) is 3.00. The summed E-state index contributed by atoms with van der Waals surface area (Å²) < 4.78 is 59.5. The number of thiophene rings is 1. The molecule has 1 saturated carbocycles. The van der Waals surface area contributed by atoms with Crippen molar-refractivity contribution in [1.29, 1.82) is 0 Å². The van der Waals surface area contributed by atoms with Gasteiger partial charge in [0.2, 0.25) is 14.3 Å². The fourth-order valence-corrected chi connectivity index (χ4v) is 5.09. The van der Waals surface area contributed by atoms with Gasteiger partial charge in [-0.2, -0.15) is 8.78 Å². The van der Waals surface area contributed by atoms with Gasteiger partial charge in [0.15, 0.2) is 0 Å². The molecule has 1 aromatic heterocycles.